The lowest BCUT2D eigenvalue weighted by Gasteiger charge is -2.09. The fraction of sp³-hybridized carbons (Fsp3) is 0. The van der Waals surface area contributed by atoms with E-state index in [1.165, 1.54) is 26.5 Å². The van der Waals surface area contributed by atoms with Gasteiger partial charge in [-0.05, 0) is 42.5 Å². The Balaban J connectivity index is 1.51. The number of hydrogen-bond acceptors (Lipinski definition) is 3. The van der Waals surface area contributed by atoms with Crippen molar-refractivity contribution in [2.45, 2.75) is 0 Å². The Kier molecular flexibility index (Phi) is 3.69. The van der Waals surface area contributed by atoms with E-state index in [1.807, 2.05) is 36.4 Å². The van der Waals surface area contributed by atoms with Crippen LogP contribution in [-0.4, -0.2) is 4.57 Å². The molecule has 0 amide bonds. The first-order chi connectivity index (χ1) is 17.3. The van der Waals surface area contributed by atoms with Crippen LogP contribution in [0.4, 0.5) is 0 Å². The third-order valence-electron chi connectivity index (χ3n) is 7.00. The highest BCUT2D eigenvalue weighted by Crippen LogP contribution is 2.41. The smallest absolute Gasteiger partial charge is 0.200 e. The first-order valence-electron chi connectivity index (χ1n) is 11.6. The molecule has 4 heteroatoms. The summed E-state index contributed by atoms with van der Waals surface area (Å²) in [5.74, 6) is 0. The molecule has 35 heavy (non-hydrogen) atoms. The number of hydrogen-bond donors (Lipinski definition) is 0. The Hall–Kier alpha value is -4.41. The molecule has 5 aromatic carbocycles. The van der Waals surface area contributed by atoms with Crippen molar-refractivity contribution >= 4 is 75.3 Å². The van der Waals surface area contributed by atoms with E-state index in [-0.39, 0.29) is 5.43 Å². The van der Waals surface area contributed by atoms with Crippen LogP contribution in [0.1, 0.15) is 0 Å². The maximum absolute atomic E-state index is 13.3. The molecular formula is C31H17NO2S. The molecule has 0 radical (unpaired) electrons. The predicted molar refractivity (Wildman–Crippen MR) is 147 cm³/mol. The lowest BCUT2D eigenvalue weighted by atomic mass is 10.1. The molecule has 0 atom stereocenters. The van der Waals surface area contributed by atoms with Crippen LogP contribution in [0, 0.1) is 0 Å². The normalized spacial score (nSPS) is 12.1. The Morgan fingerprint density at radius 3 is 2.00 bits per heavy atom. The van der Waals surface area contributed by atoms with Crippen LogP contribution < -0.4 is 5.43 Å². The summed E-state index contributed by atoms with van der Waals surface area (Å²) >= 11 is 1.75. The molecule has 3 aromatic heterocycles. The van der Waals surface area contributed by atoms with Gasteiger partial charge in [0.25, 0.3) is 0 Å². The highest BCUT2D eigenvalue weighted by atomic mass is 32.1. The van der Waals surface area contributed by atoms with E-state index in [1.54, 1.807) is 11.3 Å². The summed E-state index contributed by atoms with van der Waals surface area (Å²) in [5.41, 5.74) is 4.79. The van der Waals surface area contributed by atoms with Gasteiger partial charge in [-0.15, -0.1) is 11.3 Å². The van der Waals surface area contributed by atoms with Gasteiger partial charge < -0.3 is 8.98 Å². The average Bonchev–Trinajstić information content (AvgIpc) is 3.43. The van der Waals surface area contributed by atoms with Crippen molar-refractivity contribution in [3.63, 3.8) is 0 Å². The zero-order chi connectivity index (χ0) is 23.1. The van der Waals surface area contributed by atoms with Crippen molar-refractivity contribution < 1.29 is 4.42 Å². The van der Waals surface area contributed by atoms with Gasteiger partial charge in [0.05, 0.1) is 32.2 Å². The van der Waals surface area contributed by atoms with Gasteiger partial charge in [0.1, 0.15) is 11.2 Å². The monoisotopic (exact) mass is 467 g/mol. The van der Waals surface area contributed by atoms with E-state index < -0.39 is 0 Å². The summed E-state index contributed by atoms with van der Waals surface area (Å²) in [7, 11) is 0. The highest BCUT2D eigenvalue weighted by Gasteiger charge is 2.17. The second-order valence-corrected chi connectivity index (χ2v) is 9.95. The molecular weight excluding hydrogens is 450 g/mol. The Bertz CT molecular complexity index is 2140. The molecule has 0 aliphatic carbocycles. The molecule has 0 saturated heterocycles. The molecule has 0 unspecified atom stereocenters. The summed E-state index contributed by atoms with van der Waals surface area (Å²) in [4.78, 5) is 13.3. The minimum atomic E-state index is 0.0154. The summed E-state index contributed by atoms with van der Waals surface area (Å²) in [5, 5.41) is 5.96. The Morgan fingerprint density at radius 1 is 0.571 bits per heavy atom. The molecule has 8 aromatic rings. The van der Waals surface area contributed by atoms with Gasteiger partial charge in [-0.3, -0.25) is 4.79 Å². The van der Waals surface area contributed by atoms with Crippen molar-refractivity contribution in [1.29, 1.82) is 0 Å². The standard InChI is InChI=1S/C31H17NO2S/c33-30-21-10-3-6-15-27(21)34-28-17-29-22(16-23(28)30)20-11-7-14-26(31(20)35-29)32-24-12-4-1-8-18(24)19-9-2-5-13-25(19)32/h1-17H. The van der Waals surface area contributed by atoms with Crippen molar-refractivity contribution in [1.82, 2.24) is 4.57 Å². The Morgan fingerprint density at radius 2 is 1.23 bits per heavy atom. The van der Waals surface area contributed by atoms with Crippen molar-refractivity contribution in [3.05, 3.63) is 113 Å². The molecule has 0 spiro atoms. The summed E-state index contributed by atoms with van der Waals surface area (Å²) < 4.78 is 10.8. The van der Waals surface area contributed by atoms with Gasteiger partial charge in [-0.1, -0.05) is 60.7 Å². The summed E-state index contributed by atoms with van der Waals surface area (Å²) in [6.45, 7) is 0. The third kappa shape index (κ3) is 2.52. The minimum absolute atomic E-state index is 0.0154. The molecule has 8 rings (SSSR count). The van der Waals surface area contributed by atoms with Crippen LogP contribution in [0.5, 0.6) is 0 Å². The van der Waals surface area contributed by atoms with Crippen LogP contribution in [-0.2, 0) is 0 Å². The van der Waals surface area contributed by atoms with Crippen molar-refractivity contribution in [2.75, 3.05) is 0 Å². The van der Waals surface area contributed by atoms with E-state index in [9.17, 15) is 4.79 Å². The van der Waals surface area contributed by atoms with E-state index >= 15 is 0 Å². The number of nitrogens with zero attached hydrogens (tertiary/aromatic N) is 1. The molecule has 0 aliphatic heterocycles. The van der Waals surface area contributed by atoms with E-state index in [4.69, 9.17) is 4.42 Å². The molecule has 0 aliphatic rings. The van der Waals surface area contributed by atoms with Crippen LogP contribution in [0.3, 0.4) is 0 Å². The fourth-order valence-corrected chi connectivity index (χ4v) is 6.65. The number of fused-ring (bicyclic) bond motifs is 8. The molecule has 3 nitrogen and oxygen atoms in total. The third-order valence-corrected chi connectivity index (χ3v) is 8.19. The first kappa shape index (κ1) is 19.0. The lowest BCUT2D eigenvalue weighted by Crippen LogP contribution is -2.01. The van der Waals surface area contributed by atoms with Crippen LogP contribution in [0.15, 0.2) is 112 Å². The predicted octanol–water partition coefficient (Wildman–Crippen LogP) is 8.41. The van der Waals surface area contributed by atoms with Gasteiger partial charge in [-0.2, -0.15) is 0 Å². The topological polar surface area (TPSA) is 35.1 Å². The average molecular weight is 468 g/mol. The number of aromatic nitrogens is 1. The quantitative estimate of drug-likeness (QED) is 0.227. The first-order valence-corrected chi connectivity index (χ1v) is 12.4. The Labute approximate surface area is 203 Å². The van der Waals surface area contributed by atoms with Crippen molar-refractivity contribution in [3.8, 4) is 5.69 Å². The van der Waals surface area contributed by atoms with Crippen molar-refractivity contribution in [2.24, 2.45) is 0 Å². The van der Waals surface area contributed by atoms with Crippen LogP contribution in [0.2, 0.25) is 0 Å². The number of thiophene rings is 1. The molecule has 0 N–H and O–H groups in total. The number of benzene rings is 5. The molecule has 0 fully saturated rings. The van der Waals surface area contributed by atoms with Crippen LogP contribution in [0.25, 0.3) is 69.6 Å². The minimum Gasteiger partial charge on any atom is -0.456 e. The maximum Gasteiger partial charge on any atom is 0.200 e. The molecule has 164 valence electrons. The lowest BCUT2D eigenvalue weighted by molar-refractivity contribution is 0.660. The van der Waals surface area contributed by atoms with E-state index in [2.05, 4.69) is 71.3 Å². The summed E-state index contributed by atoms with van der Waals surface area (Å²) in [6.07, 6.45) is 0. The van der Waals surface area contributed by atoms with Gasteiger partial charge in [-0.25, -0.2) is 0 Å². The largest absolute Gasteiger partial charge is 0.456 e. The highest BCUT2D eigenvalue weighted by molar-refractivity contribution is 7.26. The van der Waals surface area contributed by atoms with Gasteiger partial charge in [0.15, 0.2) is 0 Å². The molecule has 3 heterocycles. The molecule has 0 saturated carbocycles. The van der Waals surface area contributed by atoms with Crippen LogP contribution >= 0.6 is 11.3 Å². The number of rotatable bonds is 1. The SMILES string of the molecule is O=c1c2ccccc2oc2cc3sc4c(-n5c6ccccc6c6ccccc65)cccc4c3cc12. The maximum atomic E-state index is 13.3. The fourth-order valence-electron chi connectivity index (χ4n) is 5.44. The number of para-hydroxylation sites is 3. The second-order valence-electron chi connectivity index (χ2n) is 8.90. The van der Waals surface area contributed by atoms with E-state index in [0.29, 0.717) is 21.9 Å². The summed E-state index contributed by atoms with van der Waals surface area (Å²) in [6, 6.07) is 35.1. The van der Waals surface area contributed by atoms with Gasteiger partial charge >= 0.3 is 0 Å². The molecule has 0 bridgehead atoms. The zero-order valence-corrected chi connectivity index (χ0v) is 19.3. The second kappa shape index (κ2) is 6.81. The van der Waals surface area contributed by atoms with Gasteiger partial charge in [0.2, 0.25) is 5.43 Å². The van der Waals surface area contributed by atoms with E-state index in [0.717, 1.165) is 21.2 Å². The van der Waals surface area contributed by atoms with Gasteiger partial charge in [0, 0.05) is 26.2 Å². The zero-order valence-electron chi connectivity index (χ0n) is 18.5.